The maximum absolute atomic E-state index is 12.1. The van der Waals surface area contributed by atoms with Gasteiger partial charge in [-0.25, -0.2) is 9.80 Å². The van der Waals surface area contributed by atoms with E-state index in [2.05, 4.69) is 5.43 Å². The summed E-state index contributed by atoms with van der Waals surface area (Å²) in [7, 11) is 0. The Morgan fingerprint density at radius 2 is 1.80 bits per heavy atom. The molecule has 1 aliphatic carbocycles. The van der Waals surface area contributed by atoms with Crippen LogP contribution in [0.5, 0.6) is 0 Å². The van der Waals surface area contributed by atoms with Crippen LogP contribution in [0.1, 0.15) is 13.3 Å². The van der Waals surface area contributed by atoms with E-state index in [1.165, 1.54) is 0 Å². The van der Waals surface area contributed by atoms with Crippen molar-refractivity contribution in [3.63, 3.8) is 0 Å². The summed E-state index contributed by atoms with van der Waals surface area (Å²) >= 11 is 17.6. The molecule has 1 aromatic carbocycles. The van der Waals surface area contributed by atoms with Gasteiger partial charge in [0.25, 0.3) is 0 Å². The van der Waals surface area contributed by atoms with E-state index in [0.717, 1.165) is 5.01 Å². The minimum absolute atomic E-state index is 0.308. The molecule has 1 aromatic rings. The topological polar surface area (TPSA) is 75.4 Å². The number of benzene rings is 1. The van der Waals surface area contributed by atoms with E-state index in [0.29, 0.717) is 17.1 Å². The Hall–Kier alpha value is -1.17. The lowest BCUT2D eigenvalue weighted by molar-refractivity contribution is -0.125. The van der Waals surface area contributed by atoms with Crippen molar-refractivity contribution in [1.29, 1.82) is 0 Å². The third kappa shape index (κ3) is 2.66. The quantitative estimate of drug-likeness (QED) is 0.643. The van der Waals surface area contributed by atoms with Gasteiger partial charge in [-0.05, 0) is 37.6 Å². The molecule has 0 radical (unpaired) electrons. The molecular weight excluding hydrogens is 325 g/mol. The zero-order valence-corrected chi connectivity index (χ0v) is 12.8. The van der Waals surface area contributed by atoms with Gasteiger partial charge in [-0.1, -0.05) is 11.6 Å². The highest BCUT2D eigenvalue weighted by Crippen LogP contribution is 2.63. The fourth-order valence-corrected chi connectivity index (χ4v) is 2.54. The van der Waals surface area contributed by atoms with Crippen molar-refractivity contribution in [2.45, 2.75) is 17.7 Å². The average Bonchev–Trinajstić information content (AvgIpc) is 2.87. The molecular formula is C12H12Cl3N3O2. The lowest BCUT2D eigenvalue weighted by atomic mass is 10.1. The second-order valence-electron chi connectivity index (χ2n) is 4.80. The molecule has 0 aromatic heterocycles. The summed E-state index contributed by atoms with van der Waals surface area (Å²) in [4.78, 5) is 23.6. The van der Waals surface area contributed by atoms with E-state index < -0.39 is 21.7 Å². The molecule has 108 valence electrons. The minimum Gasteiger partial charge on any atom is -0.350 e. The Morgan fingerprint density at radius 3 is 2.20 bits per heavy atom. The fourth-order valence-electron chi connectivity index (χ4n) is 1.71. The van der Waals surface area contributed by atoms with E-state index in [9.17, 15) is 9.59 Å². The molecule has 20 heavy (non-hydrogen) atoms. The lowest BCUT2D eigenvalue weighted by Crippen LogP contribution is -2.51. The number of hydrazine groups is 1. The summed E-state index contributed by atoms with van der Waals surface area (Å²) in [5, 5.41) is 1.42. The highest BCUT2D eigenvalue weighted by atomic mass is 35.5. The van der Waals surface area contributed by atoms with E-state index in [4.69, 9.17) is 40.5 Å². The van der Waals surface area contributed by atoms with Gasteiger partial charge in [0.1, 0.15) is 4.33 Å². The molecule has 3 N–H and O–H groups in total. The molecule has 1 aliphatic rings. The monoisotopic (exact) mass is 335 g/mol. The smallest absolute Gasteiger partial charge is 0.338 e. The predicted octanol–water partition coefficient (Wildman–Crippen LogP) is 2.84. The number of hydrogen-bond acceptors (Lipinski definition) is 2. The van der Waals surface area contributed by atoms with E-state index in [-0.39, 0.29) is 0 Å². The normalized spacial score (nSPS) is 23.0. The molecule has 1 unspecified atom stereocenters. The number of alkyl halides is 2. The fraction of sp³-hybridized carbons (Fsp3) is 0.333. The van der Waals surface area contributed by atoms with Crippen LogP contribution >= 0.6 is 34.8 Å². The van der Waals surface area contributed by atoms with Crippen LogP contribution in [0.2, 0.25) is 5.02 Å². The number of anilines is 1. The van der Waals surface area contributed by atoms with Crippen molar-refractivity contribution >= 4 is 52.4 Å². The largest absolute Gasteiger partial charge is 0.350 e. The van der Waals surface area contributed by atoms with E-state index in [1.54, 1.807) is 31.2 Å². The number of urea groups is 1. The van der Waals surface area contributed by atoms with Crippen LogP contribution in [0.25, 0.3) is 0 Å². The van der Waals surface area contributed by atoms with Crippen LogP contribution in [-0.2, 0) is 4.79 Å². The SMILES string of the molecule is CC1(C(=O)NN(C(N)=O)c2ccc(Cl)cc2)CC1(Cl)Cl. The highest BCUT2D eigenvalue weighted by molar-refractivity contribution is 6.53. The predicted molar refractivity (Wildman–Crippen MR) is 78.8 cm³/mol. The molecule has 0 aliphatic heterocycles. The number of nitrogens with zero attached hydrogens (tertiary/aromatic N) is 1. The maximum atomic E-state index is 12.1. The summed E-state index contributed by atoms with van der Waals surface area (Å²) < 4.78 is -1.12. The van der Waals surface area contributed by atoms with Crippen LogP contribution in [0, 0.1) is 5.41 Å². The van der Waals surface area contributed by atoms with Crippen LogP contribution in [0.3, 0.4) is 0 Å². The number of amides is 3. The second kappa shape index (κ2) is 4.98. The zero-order valence-electron chi connectivity index (χ0n) is 10.5. The van der Waals surface area contributed by atoms with Gasteiger partial charge in [-0.15, -0.1) is 23.2 Å². The number of nitrogens with two attached hydrogens (primary N) is 1. The summed E-state index contributed by atoms with van der Waals surface area (Å²) in [6, 6.07) is 5.42. The molecule has 8 heteroatoms. The lowest BCUT2D eigenvalue weighted by Gasteiger charge is -2.23. The van der Waals surface area contributed by atoms with Crippen molar-refractivity contribution in [3.05, 3.63) is 29.3 Å². The summed E-state index contributed by atoms with van der Waals surface area (Å²) in [5.41, 5.74) is 7.11. The first-order valence-electron chi connectivity index (χ1n) is 5.71. The van der Waals surface area contributed by atoms with Crippen LogP contribution in [0.4, 0.5) is 10.5 Å². The molecule has 0 heterocycles. The molecule has 0 saturated heterocycles. The first kappa shape index (κ1) is 15.2. The summed E-state index contributed by atoms with van der Waals surface area (Å²) in [6.45, 7) is 1.61. The molecule has 0 spiro atoms. The first-order chi connectivity index (χ1) is 9.17. The highest BCUT2D eigenvalue weighted by Gasteiger charge is 2.68. The van der Waals surface area contributed by atoms with Gasteiger partial charge in [0.2, 0.25) is 5.91 Å². The number of carbonyl (C=O) groups excluding carboxylic acids is 2. The molecule has 0 bridgehead atoms. The molecule has 5 nitrogen and oxygen atoms in total. The van der Waals surface area contributed by atoms with Gasteiger partial charge in [0, 0.05) is 5.02 Å². The van der Waals surface area contributed by atoms with Gasteiger partial charge < -0.3 is 5.73 Å². The standard InChI is InChI=1S/C12H12Cl3N3O2/c1-11(6-12(11,14)15)9(19)17-18(10(16)20)8-4-2-7(13)3-5-8/h2-5H,6H2,1H3,(H2,16,20)(H,17,19). The third-order valence-corrected chi connectivity index (χ3v) is 4.63. The van der Waals surface area contributed by atoms with Crippen molar-refractivity contribution in [2.24, 2.45) is 11.1 Å². The Balaban J connectivity index is 2.17. The Morgan fingerprint density at radius 1 is 1.30 bits per heavy atom. The second-order valence-corrected chi connectivity index (χ2v) is 6.72. The molecule has 3 amide bonds. The number of carbonyl (C=O) groups is 2. The molecule has 2 rings (SSSR count). The maximum Gasteiger partial charge on any atom is 0.338 e. The third-order valence-electron chi connectivity index (χ3n) is 3.28. The zero-order chi connectivity index (χ0) is 15.1. The van der Waals surface area contributed by atoms with Gasteiger partial charge in [0.15, 0.2) is 0 Å². The van der Waals surface area contributed by atoms with E-state index >= 15 is 0 Å². The van der Waals surface area contributed by atoms with E-state index in [1.807, 2.05) is 0 Å². The Kier molecular flexibility index (Phi) is 3.79. The number of nitrogens with one attached hydrogen (secondary N) is 1. The van der Waals surface area contributed by atoms with Crippen LogP contribution in [0.15, 0.2) is 24.3 Å². The molecule has 1 atom stereocenters. The average molecular weight is 337 g/mol. The first-order valence-corrected chi connectivity index (χ1v) is 6.85. The van der Waals surface area contributed by atoms with Crippen molar-refractivity contribution in [3.8, 4) is 0 Å². The Labute approximate surface area is 130 Å². The van der Waals surface area contributed by atoms with Gasteiger partial charge in [0.05, 0.1) is 11.1 Å². The molecule has 1 fully saturated rings. The van der Waals surface area contributed by atoms with Gasteiger partial charge in [-0.2, -0.15) is 0 Å². The number of hydrogen-bond donors (Lipinski definition) is 2. The number of halogens is 3. The van der Waals surface area contributed by atoms with Gasteiger partial charge >= 0.3 is 6.03 Å². The van der Waals surface area contributed by atoms with Gasteiger partial charge in [-0.3, -0.25) is 10.2 Å². The Bertz CT molecular complexity index is 562. The number of rotatable bonds is 2. The van der Waals surface area contributed by atoms with Crippen molar-refractivity contribution < 1.29 is 9.59 Å². The minimum atomic E-state index is -1.12. The van der Waals surface area contributed by atoms with Crippen molar-refractivity contribution in [1.82, 2.24) is 5.43 Å². The molecule has 1 saturated carbocycles. The summed E-state index contributed by atoms with van der Waals surface area (Å²) in [6.07, 6.45) is 0.308. The van der Waals surface area contributed by atoms with Crippen molar-refractivity contribution in [2.75, 3.05) is 5.01 Å². The van der Waals surface area contributed by atoms with Crippen LogP contribution in [-0.4, -0.2) is 16.3 Å². The number of primary amides is 1. The summed E-state index contributed by atoms with van der Waals surface area (Å²) in [5.74, 6) is -0.476. The van der Waals surface area contributed by atoms with Crippen LogP contribution < -0.4 is 16.2 Å².